The maximum absolute atomic E-state index is 12.8. The number of nitrogens with zero attached hydrogens (tertiary/aromatic N) is 1. The van der Waals surface area contributed by atoms with Gasteiger partial charge in [-0.15, -0.1) is 0 Å². The van der Waals surface area contributed by atoms with Crippen LogP contribution in [0.3, 0.4) is 0 Å². The van der Waals surface area contributed by atoms with Crippen molar-refractivity contribution in [3.63, 3.8) is 0 Å². The molecular weight excluding hydrogens is 303 g/mol. The fraction of sp³-hybridized carbons (Fsp3) is 0.500. The molecule has 23 heavy (non-hydrogen) atoms. The van der Waals surface area contributed by atoms with Crippen molar-refractivity contribution >= 4 is 12.0 Å². The minimum Gasteiger partial charge on any atom is -0.493 e. The zero-order chi connectivity index (χ0) is 16.7. The molecule has 2 amide bonds. The van der Waals surface area contributed by atoms with Gasteiger partial charge >= 0.3 is 6.09 Å². The van der Waals surface area contributed by atoms with E-state index in [0.29, 0.717) is 25.4 Å². The molecule has 1 atom stereocenters. The molecule has 1 aromatic carbocycles. The summed E-state index contributed by atoms with van der Waals surface area (Å²) < 4.78 is 22.9. The summed E-state index contributed by atoms with van der Waals surface area (Å²) in [5.74, 6) is 0.393. The summed E-state index contributed by atoms with van der Waals surface area (Å²) in [5, 5.41) is 2.39. The average molecular weight is 324 g/mol. The molecule has 1 fully saturated rings. The van der Waals surface area contributed by atoms with Crippen molar-refractivity contribution in [2.24, 2.45) is 5.92 Å². The third kappa shape index (κ3) is 5.43. The van der Waals surface area contributed by atoms with Gasteiger partial charge in [0.25, 0.3) is 0 Å². The number of carbonyl (C=O) groups is 2. The van der Waals surface area contributed by atoms with E-state index >= 15 is 0 Å². The lowest BCUT2D eigenvalue weighted by atomic mass is 9.99. The van der Waals surface area contributed by atoms with Crippen LogP contribution in [0.25, 0.3) is 0 Å². The summed E-state index contributed by atoms with van der Waals surface area (Å²) in [6, 6.07) is 5.87. The molecule has 6 nitrogen and oxygen atoms in total. The first-order valence-corrected chi connectivity index (χ1v) is 7.56. The van der Waals surface area contributed by atoms with Gasteiger partial charge in [-0.25, -0.2) is 9.18 Å². The van der Waals surface area contributed by atoms with Gasteiger partial charge in [0.2, 0.25) is 5.91 Å². The molecule has 0 aromatic heterocycles. The summed E-state index contributed by atoms with van der Waals surface area (Å²) in [6.07, 6.45) is 1.24. The largest absolute Gasteiger partial charge is 0.493 e. The number of alkyl carbamates (subject to hydrolysis) is 1. The number of piperidine rings is 1. The molecule has 7 heteroatoms. The minimum absolute atomic E-state index is 0.0712. The standard InChI is InChI=1S/C16H21FN2O4/c1-22-16(21)18-9-15(20)19-8-2-3-12(10-19)11-23-14-6-4-13(17)5-7-14/h4-7,12H,2-3,8-11H2,1H3,(H,18,21). The first kappa shape index (κ1) is 17.1. The van der Waals surface area contributed by atoms with Crippen molar-refractivity contribution in [2.45, 2.75) is 12.8 Å². The van der Waals surface area contributed by atoms with E-state index in [1.54, 1.807) is 17.0 Å². The highest BCUT2D eigenvalue weighted by molar-refractivity contribution is 5.82. The highest BCUT2D eigenvalue weighted by Gasteiger charge is 2.24. The van der Waals surface area contributed by atoms with Crippen molar-refractivity contribution in [3.8, 4) is 5.75 Å². The number of carbonyl (C=O) groups excluding carboxylic acids is 2. The SMILES string of the molecule is COC(=O)NCC(=O)N1CCCC(COc2ccc(F)cc2)C1. The predicted octanol–water partition coefficient (Wildman–Crippen LogP) is 1.80. The Hall–Kier alpha value is -2.31. The van der Waals surface area contributed by atoms with E-state index in [1.165, 1.54) is 19.2 Å². The quantitative estimate of drug-likeness (QED) is 0.897. The molecule has 1 aliphatic rings. The monoisotopic (exact) mass is 324 g/mol. The number of amides is 2. The van der Waals surface area contributed by atoms with Gasteiger partial charge in [-0.3, -0.25) is 4.79 Å². The molecule has 1 aromatic rings. The zero-order valence-electron chi connectivity index (χ0n) is 13.1. The van der Waals surface area contributed by atoms with Crippen LogP contribution in [0.4, 0.5) is 9.18 Å². The normalized spacial score (nSPS) is 17.5. The van der Waals surface area contributed by atoms with E-state index in [4.69, 9.17) is 4.74 Å². The second-order valence-corrected chi connectivity index (χ2v) is 5.46. The van der Waals surface area contributed by atoms with Gasteiger partial charge in [0, 0.05) is 19.0 Å². The second-order valence-electron chi connectivity index (χ2n) is 5.46. The van der Waals surface area contributed by atoms with Crippen molar-refractivity contribution in [1.82, 2.24) is 10.2 Å². The Kier molecular flexibility index (Phi) is 6.19. The maximum atomic E-state index is 12.8. The highest BCUT2D eigenvalue weighted by atomic mass is 19.1. The molecule has 2 rings (SSSR count). The summed E-state index contributed by atoms with van der Waals surface area (Å²) in [5.41, 5.74) is 0. The number of benzene rings is 1. The number of hydrogen-bond acceptors (Lipinski definition) is 4. The molecule has 1 unspecified atom stereocenters. The number of methoxy groups -OCH3 is 1. The Balaban J connectivity index is 1.77. The van der Waals surface area contributed by atoms with E-state index in [2.05, 4.69) is 10.1 Å². The molecule has 0 spiro atoms. The Morgan fingerprint density at radius 3 is 2.78 bits per heavy atom. The van der Waals surface area contributed by atoms with Crippen LogP contribution in [-0.4, -0.2) is 50.3 Å². The van der Waals surface area contributed by atoms with Gasteiger partial charge in [-0.2, -0.15) is 0 Å². The van der Waals surface area contributed by atoms with Crippen LogP contribution >= 0.6 is 0 Å². The fourth-order valence-corrected chi connectivity index (χ4v) is 2.50. The van der Waals surface area contributed by atoms with Crippen LogP contribution in [0.15, 0.2) is 24.3 Å². The van der Waals surface area contributed by atoms with Crippen LogP contribution in [0.5, 0.6) is 5.75 Å². The number of hydrogen-bond donors (Lipinski definition) is 1. The van der Waals surface area contributed by atoms with Gasteiger partial charge in [0.15, 0.2) is 0 Å². The molecule has 126 valence electrons. The summed E-state index contributed by atoms with van der Waals surface area (Å²) in [7, 11) is 1.25. The zero-order valence-corrected chi connectivity index (χ0v) is 13.1. The third-order valence-electron chi connectivity index (χ3n) is 3.74. The van der Waals surface area contributed by atoms with Crippen LogP contribution in [-0.2, 0) is 9.53 Å². The summed E-state index contributed by atoms with van der Waals surface area (Å²) in [6.45, 7) is 1.66. The fourth-order valence-electron chi connectivity index (χ4n) is 2.50. The number of likely N-dealkylation sites (tertiary alicyclic amines) is 1. The van der Waals surface area contributed by atoms with E-state index in [-0.39, 0.29) is 24.2 Å². The predicted molar refractivity (Wildman–Crippen MR) is 81.6 cm³/mol. The highest BCUT2D eigenvalue weighted by Crippen LogP contribution is 2.19. The second kappa shape index (κ2) is 8.36. The van der Waals surface area contributed by atoms with E-state index in [1.807, 2.05) is 0 Å². The summed E-state index contributed by atoms with van der Waals surface area (Å²) in [4.78, 5) is 24.8. The molecule has 1 N–H and O–H groups in total. The lowest BCUT2D eigenvalue weighted by Gasteiger charge is -2.32. The molecule has 1 saturated heterocycles. The number of ether oxygens (including phenoxy) is 2. The molecule has 0 saturated carbocycles. The Bertz CT molecular complexity index is 535. The van der Waals surface area contributed by atoms with Crippen molar-refractivity contribution in [1.29, 1.82) is 0 Å². The van der Waals surface area contributed by atoms with Crippen LogP contribution in [0.2, 0.25) is 0 Å². The lowest BCUT2D eigenvalue weighted by molar-refractivity contribution is -0.132. The van der Waals surface area contributed by atoms with Crippen LogP contribution < -0.4 is 10.1 Å². The van der Waals surface area contributed by atoms with E-state index in [9.17, 15) is 14.0 Å². The Morgan fingerprint density at radius 2 is 2.09 bits per heavy atom. The van der Waals surface area contributed by atoms with Crippen molar-refractivity contribution < 1.29 is 23.5 Å². The van der Waals surface area contributed by atoms with Crippen LogP contribution in [0, 0.1) is 11.7 Å². The average Bonchev–Trinajstić information content (AvgIpc) is 2.59. The van der Waals surface area contributed by atoms with Gasteiger partial charge in [0.05, 0.1) is 13.7 Å². The van der Waals surface area contributed by atoms with Gasteiger partial charge in [-0.1, -0.05) is 0 Å². The van der Waals surface area contributed by atoms with E-state index in [0.717, 1.165) is 12.8 Å². The molecule has 1 aliphatic heterocycles. The number of rotatable bonds is 5. The summed E-state index contributed by atoms with van der Waals surface area (Å²) >= 11 is 0. The molecule has 0 aliphatic carbocycles. The topological polar surface area (TPSA) is 67.9 Å². The Morgan fingerprint density at radius 1 is 1.35 bits per heavy atom. The minimum atomic E-state index is -0.619. The molecule has 0 bridgehead atoms. The molecule has 1 heterocycles. The number of nitrogens with one attached hydrogen (secondary N) is 1. The lowest BCUT2D eigenvalue weighted by Crippen LogP contribution is -2.46. The van der Waals surface area contributed by atoms with Gasteiger partial charge < -0.3 is 19.7 Å². The van der Waals surface area contributed by atoms with Gasteiger partial charge in [-0.05, 0) is 37.1 Å². The maximum Gasteiger partial charge on any atom is 0.407 e. The first-order chi connectivity index (χ1) is 11.1. The van der Waals surface area contributed by atoms with E-state index < -0.39 is 6.09 Å². The first-order valence-electron chi connectivity index (χ1n) is 7.56. The van der Waals surface area contributed by atoms with Crippen molar-refractivity contribution in [2.75, 3.05) is 33.4 Å². The van der Waals surface area contributed by atoms with Gasteiger partial charge in [0.1, 0.15) is 18.1 Å². The Labute approximate surface area is 134 Å². The smallest absolute Gasteiger partial charge is 0.407 e. The molecule has 0 radical (unpaired) electrons. The third-order valence-corrected chi connectivity index (χ3v) is 3.74. The number of halogens is 1. The van der Waals surface area contributed by atoms with Crippen LogP contribution in [0.1, 0.15) is 12.8 Å². The molecular formula is C16H21FN2O4. The van der Waals surface area contributed by atoms with Crippen molar-refractivity contribution in [3.05, 3.63) is 30.1 Å².